The van der Waals surface area contributed by atoms with Gasteiger partial charge in [-0.15, -0.1) is 0 Å². The van der Waals surface area contributed by atoms with Gasteiger partial charge in [0.25, 0.3) is 0 Å². The van der Waals surface area contributed by atoms with Crippen molar-refractivity contribution in [3.63, 3.8) is 0 Å². The summed E-state index contributed by atoms with van der Waals surface area (Å²) in [5.41, 5.74) is 1.68. The summed E-state index contributed by atoms with van der Waals surface area (Å²) in [5.74, 6) is -1.12. The van der Waals surface area contributed by atoms with Crippen LogP contribution in [0.3, 0.4) is 0 Å². The highest BCUT2D eigenvalue weighted by Crippen LogP contribution is 2.18. The van der Waals surface area contributed by atoms with E-state index in [1.165, 1.54) is 6.08 Å². The predicted molar refractivity (Wildman–Crippen MR) is 58.0 cm³/mol. The lowest BCUT2D eigenvalue weighted by Gasteiger charge is -2.04. The first-order valence-electron chi connectivity index (χ1n) is 4.50. The predicted octanol–water partition coefficient (Wildman–Crippen LogP) is 1.78. The van der Waals surface area contributed by atoms with Crippen LogP contribution in [0.25, 0.3) is 6.08 Å². The molecule has 0 aliphatic rings. The summed E-state index contributed by atoms with van der Waals surface area (Å²) in [6, 6.07) is 5.17. The Labute approximate surface area is 92.4 Å². The van der Waals surface area contributed by atoms with Gasteiger partial charge in [0.15, 0.2) is 6.29 Å². The van der Waals surface area contributed by atoms with Crippen molar-refractivity contribution < 1.29 is 14.7 Å². The lowest BCUT2D eigenvalue weighted by atomic mass is 9.97. The topological polar surface area (TPSA) is 78.2 Å². The highest BCUT2D eigenvalue weighted by molar-refractivity contribution is 5.90. The van der Waals surface area contributed by atoms with Crippen molar-refractivity contribution in [1.82, 2.24) is 0 Å². The maximum absolute atomic E-state index is 10.8. The molecule has 0 amide bonds. The van der Waals surface area contributed by atoms with E-state index >= 15 is 0 Å². The van der Waals surface area contributed by atoms with Gasteiger partial charge in [-0.1, -0.05) is 12.1 Å². The van der Waals surface area contributed by atoms with Crippen molar-refractivity contribution in [3.05, 3.63) is 40.5 Å². The number of aldehydes is 1. The maximum atomic E-state index is 10.8. The minimum Gasteiger partial charge on any atom is -0.478 e. The molecule has 0 radical (unpaired) electrons. The van der Waals surface area contributed by atoms with Gasteiger partial charge in [-0.05, 0) is 18.6 Å². The number of nitriles is 1. The van der Waals surface area contributed by atoms with Crippen LogP contribution < -0.4 is 0 Å². The van der Waals surface area contributed by atoms with Crippen molar-refractivity contribution in [3.8, 4) is 6.07 Å². The molecule has 16 heavy (non-hydrogen) atoms. The van der Waals surface area contributed by atoms with E-state index in [0.29, 0.717) is 28.5 Å². The molecule has 1 N–H and O–H groups in total. The average Bonchev–Trinajstić information content (AvgIpc) is 2.26. The van der Waals surface area contributed by atoms with Crippen molar-refractivity contribution in [2.45, 2.75) is 6.92 Å². The molecule has 80 valence electrons. The third-order valence-corrected chi connectivity index (χ3v) is 2.12. The van der Waals surface area contributed by atoms with Gasteiger partial charge in [0.05, 0.1) is 5.56 Å². The van der Waals surface area contributed by atoms with Crippen LogP contribution in [0.15, 0.2) is 18.2 Å². The van der Waals surface area contributed by atoms with E-state index < -0.39 is 5.97 Å². The van der Waals surface area contributed by atoms with E-state index in [2.05, 4.69) is 0 Å². The van der Waals surface area contributed by atoms with Crippen LogP contribution in [0.1, 0.15) is 27.0 Å². The molecule has 0 aliphatic heterocycles. The van der Waals surface area contributed by atoms with Gasteiger partial charge in [0.1, 0.15) is 6.07 Å². The molecule has 4 nitrogen and oxygen atoms in total. The highest BCUT2D eigenvalue weighted by Gasteiger charge is 2.08. The van der Waals surface area contributed by atoms with E-state index in [9.17, 15) is 9.59 Å². The van der Waals surface area contributed by atoms with Crippen LogP contribution in [0.5, 0.6) is 0 Å². The van der Waals surface area contributed by atoms with E-state index in [1.54, 1.807) is 19.1 Å². The number of carbonyl (C=O) groups is 2. The smallest absolute Gasteiger partial charge is 0.328 e. The molecule has 4 heteroatoms. The van der Waals surface area contributed by atoms with E-state index in [-0.39, 0.29) is 0 Å². The van der Waals surface area contributed by atoms with Crippen molar-refractivity contribution >= 4 is 18.3 Å². The molecule has 0 heterocycles. The molecule has 0 saturated carbocycles. The van der Waals surface area contributed by atoms with Crippen LogP contribution in [-0.2, 0) is 4.79 Å². The number of carbonyl (C=O) groups excluding carboxylic acids is 1. The van der Waals surface area contributed by atoms with Gasteiger partial charge >= 0.3 is 5.97 Å². The number of carboxylic acids is 1. The maximum Gasteiger partial charge on any atom is 0.328 e. The average molecular weight is 215 g/mol. The number of aliphatic carboxylic acids is 1. The van der Waals surface area contributed by atoms with Crippen LogP contribution in [-0.4, -0.2) is 17.4 Å². The summed E-state index contributed by atoms with van der Waals surface area (Å²) >= 11 is 0. The van der Waals surface area contributed by atoms with Gasteiger partial charge < -0.3 is 5.11 Å². The van der Waals surface area contributed by atoms with Crippen LogP contribution >= 0.6 is 0 Å². The minimum absolute atomic E-state index is 0.305. The Kier molecular flexibility index (Phi) is 3.57. The molecule has 1 aromatic carbocycles. The molecular weight excluding hydrogens is 206 g/mol. The summed E-state index contributed by atoms with van der Waals surface area (Å²) in [4.78, 5) is 21.2. The second-order valence-electron chi connectivity index (χ2n) is 3.16. The molecular formula is C12H9NO3. The van der Waals surface area contributed by atoms with Crippen molar-refractivity contribution in [2.24, 2.45) is 0 Å². The SMILES string of the molecule is Cc1ccc(C=O)c(/C=C/C(=O)O)c1C#N. The fourth-order valence-corrected chi connectivity index (χ4v) is 1.33. The zero-order chi connectivity index (χ0) is 12.1. The van der Waals surface area contributed by atoms with Gasteiger partial charge in [-0.25, -0.2) is 4.79 Å². The Morgan fingerprint density at radius 1 is 1.50 bits per heavy atom. The van der Waals surface area contributed by atoms with Crippen molar-refractivity contribution in [1.29, 1.82) is 5.26 Å². The second-order valence-corrected chi connectivity index (χ2v) is 3.16. The molecule has 0 fully saturated rings. The first-order valence-corrected chi connectivity index (χ1v) is 4.50. The highest BCUT2D eigenvalue weighted by atomic mass is 16.4. The molecule has 0 aromatic heterocycles. The number of rotatable bonds is 3. The summed E-state index contributed by atoms with van der Waals surface area (Å²) < 4.78 is 0. The Bertz CT molecular complexity index is 510. The summed E-state index contributed by atoms with van der Waals surface area (Å²) in [6.45, 7) is 1.73. The fraction of sp³-hybridized carbons (Fsp3) is 0.0833. The van der Waals surface area contributed by atoms with Gasteiger partial charge in [0.2, 0.25) is 0 Å². The third-order valence-electron chi connectivity index (χ3n) is 2.12. The Morgan fingerprint density at radius 2 is 2.19 bits per heavy atom. The van der Waals surface area contributed by atoms with Crippen LogP contribution in [0.4, 0.5) is 0 Å². The third kappa shape index (κ3) is 2.34. The molecule has 1 aromatic rings. The van der Waals surface area contributed by atoms with Gasteiger partial charge in [0, 0.05) is 17.2 Å². The van der Waals surface area contributed by atoms with E-state index in [1.807, 2.05) is 6.07 Å². The molecule has 0 spiro atoms. The first kappa shape index (κ1) is 11.7. The van der Waals surface area contributed by atoms with E-state index in [4.69, 9.17) is 10.4 Å². The minimum atomic E-state index is -1.12. The summed E-state index contributed by atoms with van der Waals surface area (Å²) in [7, 11) is 0. The quantitative estimate of drug-likeness (QED) is 0.615. The Morgan fingerprint density at radius 3 is 2.69 bits per heavy atom. The lowest BCUT2D eigenvalue weighted by molar-refractivity contribution is -0.131. The Hall–Kier alpha value is -2.41. The van der Waals surface area contributed by atoms with Gasteiger partial charge in [-0.3, -0.25) is 4.79 Å². The Balaban J connectivity index is 3.43. The molecule has 0 aliphatic carbocycles. The molecule has 0 saturated heterocycles. The molecule has 1 rings (SSSR count). The zero-order valence-electron chi connectivity index (χ0n) is 8.60. The van der Waals surface area contributed by atoms with E-state index in [0.717, 1.165) is 6.08 Å². The normalized spacial score (nSPS) is 10.0. The van der Waals surface area contributed by atoms with Crippen LogP contribution in [0.2, 0.25) is 0 Å². The largest absolute Gasteiger partial charge is 0.478 e. The standard InChI is InChI=1S/C12H9NO3/c1-8-2-3-9(7-14)10(11(8)6-13)4-5-12(15)16/h2-5,7H,1H3,(H,15,16)/b5-4+. The lowest BCUT2D eigenvalue weighted by Crippen LogP contribution is -1.95. The number of aryl methyl sites for hydroxylation is 1. The molecule has 0 atom stereocenters. The first-order chi connectivity index (χ1) is 7.60. The fourth-order valence-electron chi connectivity index (χ4n) is 1.33. The molecule has 0 bridgehead atoms. The number of carboxylic acid groups (broad SMARTS) is 1. The number of nitrogens with zero attached hydrogens (tertiary/aromatic N) is 1. The summed E-state index contributed by atoms with van der Waals surface area (Å²) in [5, 5.41) is 17.5. The summed E-state index contributed by atoms with van der Waals surface area (Å²) in [6.07, 6.45) is 2.77. The number of hydrogen-bond acceptors (Lipinski definition) is 3. The monoisotopic (exact) mass is 215 g/mol. The molecule has 0 unspecified atom stereocenters. The van der Waals surface area contributed by atoms with Crippen LogP contribution in [0, 0.1) is 18.3 Å². The number of benzene rings is 1. The number of hydrogen-bond donors (Lipinski definition) is 1. The van der Waals surface area contributed by atoms with Gasteiger partial charge in [-0.2, -0.15) is 5.26 Å². The van der Waals surface area contributed by atoms with Crippen molar-refractivity contribution in [2.75, 3.05) is 0 Å². The second kappa shape index (κ2) is 4.89. The zero-order valence-corrected chi connectivity index (χ0v) is 8.60.